The second-order valence-electron chi connectivity index (χ2n) is 4.98. The number of halogens is 1. The first-order chi connectivity index (χ1) is 11.1. The number of nitrogens with zero attached hydrogens (tertiary/aromatic N) is 1. The van der Waals surface area contributed by atoms with Gasteiger partial charge in [-0.2, -0.15) is 0 Å². The van der Waals surface area contributed by atoms with E-state index in [0.29, 0.717) is 13.2 Å². The summed E-state index contributed by atoms with van der Waals surface area (Å²) in [5.41, 5.74) is 0. The molecule has 1 aliphatic rings. The van der Waals surface area contributed by atoms with E-state index in [4.69, 9.17) is 4.74 Å². The lowest BCUT2D eigenvalue weighted by Crippen LogP contribution is -2.36. The van der Waals surface area contributed by atoms with Crippen LogP contribution in [0.25, 0.3) is 0 Å². The Morgan fingerprint density at radius 1 is 1.35 bits per heavy atom. The molecule has 1 aromatic rings. The molecule has 0 aromatic heterocycles. The minimum Gasteiger partial charge on any atom is -0.466 e. The van der Waals surface area contributed by atoms with Crippen molar-refractivity contribution in [3.8, 4) is 0 Å². The van der Waals surface area contributed by atoms with Crippen LogP contribution in [-0.2, 0) is 14.3 Å². The summed E-state index contributed by atoms with van der Waals surface area (Å²) >= 11 is 3.35. The number of hydrogen-bond acceptors (Lipinski definition) is 5. The number of thioether (sulfide) groups is 2. The number of carbonyl (C=O) groups excluding carboxylic acids is 2. The molecular formula is C16H20FNO3S2. The van der Waals surface area contributed by atoms with Crippen LogP contribution in [0.4, 0.5) is 4.39 Å². The van der Waals surface area contributed by atoms with Crippen LogP contribution < -0.4 is 0 Å². The van der Waals surface area contributed by atoms with E-state index in [2.05, 4.69) is 0 Å². The zero-order valence-electron chi connectivity index (χ0n) is 13.0. The van der Waals surface area contributed by atoms with Crippen molar-refractivity contribution in [2.45, 2.75) is 30.0 Å². The van der Waals surface area contributed by atoms with E-state index in [1.807, 2.05) is 4.90 Å². The van der Waals surface area contributed by atoms with Crippen LogP contribution >= 0.6 is 23.5 Å². The standard InChI is InChI=1S/C16H20FNO3S2/c1-2-21-16(20)8-7-14(19)18-9-10-22-15(18)11-23-13-5-3-12(17)4-6-13/h3-6,15H,2,7-11H2,1H3/t15-/m0/s1. The number of carbonyl (C=O) groups is 2. The number of benzene rings is 1. The van der Waals surface area contributed by atoms with Crippen LogP contribution in [0.1, 0.15) is 19.8 Å². The maximum Gasteiger partial charge on any atom is 0.306 e. The molecule has 1 atom stereocenters. The van der Waals surface area contributed by atoms with Gasteiger partial charge in [-0.15, -0.1) is 23.5 Å². The number of amides is 1. The lowest BCUT2D eigenvalue weighted by molar-refractivity contribution is -0.145. The minimum atomic E-state index is -0.329. The van der Waals surface area contributed by atoms with Crippen molar-refractivity contribution < 1.29 is 18.7 Å². The van der Waals surface area contributed by atoms with E-state index in [0.717, 1.165) is 16.4 Å². The number of ether oxygens (including phenoxy) is 1. The fourth-order valence-electron chi connectivity index (χ4n) is 2.23. The van der Waals surface area contributed by atoms with E-state index in [-0.39, 0.29) is 35.9 Å². The maximum absolute atomic E-state index is 12.9. The summed E-state index contributed by atoms with van der Waals surface area (Å²) in [6.07, 6.45) is 0.322. The Labute approximate surface area is 144 Å². The summed E-state index contributed by atoms with van der Waals surface area (Å²) in [6.45, 7) is 2.80. The Bertz CT molecular complexity index is 539. The van der Waals surface area contributed by atoms with Gasteiger partial charge < -0.3 is 9.64 Å². The molecule has 7 heteroatoms. The largest absolute Gasteiger partial charge is 0.466 e. The summed E-state index contributed by atoms with van der Waals surface area (Å²) < 4.78 is 17.7. The number of hydrogen-bond donors (Lipinski definition) is 0. The Hall–Kier alpha value is -1.21. The SMILES string of the molecule is CCOC(=O)CCC(=O)N1CCS[C@H]1CSc1ccc(F)cc1. The van der Waals surface area contributed by atoms with Gasteiger partial charge in [0.05, 0.1) is 18.4 Å². The van der Waals surface area contributed by atoms with Crippen molar-refractivity contribution >= 4 is 35.4 Å². The fourth-order valence-corrected chi connectivity index (χ4v) is 4.64. The van der Waals surface area contributed by atoms with Gasteiger partial charge in [0.2, 0.25) is 5.91 Å². The molecule has 0 N–H and O–H groups in total. The van der Waals surface area contributed by atoms with Crippen molar-refractivity contribution in [2.24, 2.45) is 0 Å². The van der Waals surface area contributed by atoms with Gasteiger partial charge in [0, 0.05) is 29.4 Å². The summed E-state index contributed by atoms with van der Waals surface area (Å²) in [7, 11) is 0. The van der Waals surface area contributed by atoms with Crippen molar-refractivity contribution in [1.82, 2.24) is 4.90 Å². The Kier molecular flexibility index (Phi) is 7.23. The van der Waals surface area contributed by atoms with Crippen molar-refractivity contribution in [3.05, 3.63) is 30.1 Å². The summed E-state index contributed by atoms with van der Waals surface area (Å²) in [5, 5.41) is 0.0970. The molecular weight excluding hydrogens is 337 g/mol. The van der Waals surface area contributed by atoms with E-state index < -0.39 is 0 Å². The second kappa shape index (κ2) is 9.17. The molecule has 1 amide bonds. The van der Waals surface area contributed by atoms with Crippen molar-refractivity contribution in [1.29, 1.82) is 0 Å². The van der Waals surface area contributed by atoms with Gasteiger partial charge in [-0.1, -0.05) is 0 Å². The van der Waals surface area contributed by atoms with Crippen LogP contribution in [0.3, 0.4) is 0 Å². The third kappa shape index (κ3) is 5.73. The molecule has 0 saturated carbocycles. The van der Waals surface area contributed by atoms with Gasteiger partial charge in [-0.25, -0.2) is 4.39 Å². The summed E-state index contributed by atoms with van der Waals surface area (Å²) in [4.78, 5) is 26.4. The fraction of sp³-hybridized carbons (Fsp3) is 0.500. The number of esters is 1. The van der Waals surface area contributed by atoms with Crippen LogP contribution in [0.2, 0.25) is 0 Å². The first-order valence-corrected chi connectivity index (χ1v) is 9.58. The van der Waals surface area contributed by atoms with Gasteiger partial charge in [-0.3, -0.25) is 9.59 Å². The van der Waals surface area contributed by atoms with E-state index in [1.165, 1.54) is 12.1 Å². The third-order valence-electron chi connectivity index (χ3n) is 3.36. The molecule has 1 aromatic carbocycles. The molecule has 1 heterocycles. The molecule has 126 valence electrons. The highest BCUT2D eigenvalue weighted by Gasteiger charge is 2.29. The van der Waals surface area contributed by atoms with Gasteiger partial charge in [0.15, 0.2) is 0 Å². The highest BCUT2D eigenvalue weighted by molar-refractivity contribution is 8.03. The first kappa shape index (κ1) is 18.1. The van der Waals surface area contributed by atoms with Crippen LogP contribution in [-0.4, -0.2) is 46.8 Å². The van der Waals surface area contributed by atoms with E-state index in [9.17, 15) is 14.0 Å². The van der Waals surface area contributed by atoms with Crippen LogP contribution in [0.15, 0.2) is 29.2 Å². The molecule has 2 rings (SSSR count). The molecule has 1 aliphatic heterocycles. The Morgan fingerprint density at radius 3 is 2.78 bits per heavy atom. The normalized spacial score (nSPS) is 17.3. The molecule has 23 heavy (non-hydrogen) atoms. The molecule has 0 spiro atoms. The predicted octanol–water partition coefficient (Wildman–Crippen LogP) is 3.16. The molecule has 0 bridgehead atoms. The van der Waals surface area contributed by atoms with Crippen LogP contribution in [0.5, 0.6) is 0 Å². The molecule has 4 nitrogen and oxygen atoms in total. The molecule has 0 aliphatic carbocycles. The average Bonchev–Trinajstić information content (AvgIpc) is 3.01. The Balaban J connectivity index is 1.80. The lowest BCUT2D eigenvalue weighted by atomic mass is 10.2. The Morgan fingerprint density at radius 2 is 2.09 bits per heavy atom. The topological polar surface area (TPSA) is 46.6 Å². The smallest absolute Gasteiger partial charge is 0.306 e. The van der Waals surface area contributed by atoms with Gasteiger partial charge in [0.1, 0.15) is 5.82 Å². The zero-order chi connectivity index (χ0) is 16.7. The maximum atomic E-state index is 12.9. The van der Waals surface area contributed by atoms with Crippen LogP contribution in [0, 0.1) is 5.82 Å². The minimum absolute atomic E-state index is 0.00670. The highest BCUT2D eigenvalue weighted by atomic mass is 32.2. The quantitative estimate of drug-likeness (QED) is 0.554. The van der Waals surface area contributed by atoms with Gasteiger partial charge in [0.25, 0.3) is 0 Å². The van der Waals surface area contributed by atoms with Gasteiger partial charge >= 0.3 is 5.97 Å². The number of rotatable bonds is 7. The zero-order valence-corrected chi connectivity index (χ0v) is 14.6. The third-order valence-corrected chi connectivity index (χ3v) is 5.89. The summed E-state index contributed by atoms with van der Waals surface area (Å²) in [5.74, 6) is 1.07. The highest BCUT2D eigenvalue weighted by Crippen LogP contribution is 2.30. The monoisotopic (exact) mass is 357 g/mol. The van der Waals surface area contributed by atoms with Gasteiger partial charge in [-0.05, 0) is 31.2 Å². The molecule has 1 fully saturated rings. The van der Waals surface area contributed by atoms with Crippen molar-refractivity contribution in [2.75, 3.05) is 24.7 Å². The van der Waals surface area contributed by atoms with E-state index >= 15 is 0 Å². The van der Waals surface area contributed by atoms with Crippen molar-refractivity contribution in [3.63, 3.8) is 0 Å². The average molecular weight is 357 g/mol. The predicted molar refractivity (Wildman–Crippen MR) is 91.0 cm³/mol. The molecule has 0 unspecified atom stereocenters. The summed E-state index contributed by atoms with van der Waals surface area (Å²) in [6, 6.07) is 6.36. The molecule has 0 radical (unpaired) electrons. The first-order valence-electron chi connectivity index (χ1n) is 7.55. The second-order valence-corrected chi connectivity index (χ2v) is 7.36. The molecule has 1 saturated heterocycles. The van der Waals surface area contributed by atoms with E-state index in [1.54, 1.807) is 42.6 Å². The lowest BCUT2D eigenvalue weighted by Gasteiger charge is -2.23.